The van der Waals surface area contributed by atoms with Crippen molar-refractivity contribution in [2.75, 3.05) is 20.2 Å². The third-order valence-corrected chi connectivity index (χ3v) is 4.90. The number of likely N-dealkylation sites (tertiary alicyclic amines) is 1. The summed E-state index contributed by atoms with van der Waals surface area (Å²) in [7, 11) is 1.60. The number of rotatable bonds is 3. The van der Waals surface area contributed by atoms with E-state index < -0.39 is 28.9 Å². The summed E-state index contributed by atoms with van der Waals surface area (Å²) in [5.41, 5.74) is -1.31. The fraction of sp³-hybridized carbons (Fsp3) is 0.500. The van der Waals surface area contributed by atoms with Crippen LogP contribution in [0.3, 0.4) is 0 Å². The molecule has 31 heavy (non-hydrogen) atoms. The molecule has 1 aliphatic heterocycles. The molecule has 3 rings (SSSR count). The Hall–Kier alpha value is -2.96. The molecule has 168 valence electrons. The Labute approximate surface area is 183 Å². The van der Waals surface area contributed by atoms with Gasteiger partial charge in [-0.15, -0.1) is 0 Å². The summed E-state index contributed by atoms with van der Waals surface area (Å²) in [6, 6.07) is 11.7. The van der Waals surface area contributed by atoms with Crippen LogP contribution in [0, 0.1) is 0 Å². The first kappa shape index (κ1) is 22.7. The predicted molar refractivity (Wildman–Crippen MR) is 119 cm³/mol. The first-order chi connectivity index (χ1) is 14.3. The average molecular weight is 429 g/mol. The van der Waals surface area contributed by atoms with E-state index in [0.717, 1.165) is 16.3 Å². The predicted octanol–water partition coefficient (Wildman–Crippen LogP) is 4.82. The van der Waals surface area contributed by atoms with E-state index in [0.29, 0.717) is 5.75 Å². The van der Waals surface area contributed by atoms with Crippen molar-refractivity contribution in [3.8, 4) is 5.75 Å². The molecule has 1 heterocycles. The Morgan fingerprint density at radius 2 is 1.55 bits per heavy atom. The van der Waals surface area contributed by atoms with Gasteiger partial charge in [-0.05, 0) is 58.4 Å². The largest absolute Gasteiger partial charge is 0.496 e. The lowest BCUT2D eigenvalue weighted by Crippen LogP contribution is -2.69. The van der Waals surface area contributed by atoms with Gasteiger partial charge in [0.15, 0.2) is 0 Å². The van der Waals surface area contributed by atoms with Crippen LogP contribution in [-0.2, 0) is 15.0 Å². The van der Waals surface area contributed by atoms with Crippen LogP contribution in [0.15, 0.2) is 36.4 Å². The molecular weight excluding hydrogens is 396 g/mol. The number of carbonyl (C=O) groups excluding carboxylic acids is 2. The molecule has 0 atom stereocenters. The van der Waals surface area contributed by atoms with Crippen LogP contribution < -0.4 is 10.1 Å². The number of nitrogens with one attached hydrogen (secondary N) is 1. The van der Waals surface area contributed by atoms with Gasteiger partial charge in [0.1, 0.15) is 22.5 Å². The van der Waals surface area contributed by atoms with Gasteiger partial charge in [0.2, 0.25) is 0 Å². The first-order valence-corrected chi connectivity index (χ1v) is 10.4. The van der Waals surface area contributed by atoms with Crippen LogP contribution >= 0.6 is 0 Å². The Kier molecular flexibility index (Phi) is 5.82. The number of carbonyl (C=O) groups is 2. The van der Waals surface area contributed by atoms with Gasteiger partial charge in [-0.2, -0.15) is 0 Å². The van der Waals surface area contributed by atoms with Crippen molar-refractivity contribution in [2.24, 2.45) is 0 Å². The van der Waals surface area contributed by atoms with Gasteiger partial charge in [-0.1, -0.05) is 30.3 Å². The zero-order valence-corrected chi connectivity index (χ0v) is 19.4. The molecule has 0 bridgehead atoms. The normalized spacial score (nSPS) is 15.8. The molecule has 7 nitrogen and oxygen atoms in total. The number of methoxy groups -OCH3 is 1. The molecule has 0 spiro atoms. The lowest BCUT2D eigenvalue weighted by Gasteiger charge is -2.50. The van der Waals surface area contributed by atoms with Crippen LogP contribution in [0.4, 0.5) is 9.59 Å². The highest BCUT2D eigenvalue weighted by atomic mass is 16.6. The third kappa shape index (κ3) is 5.03. The Morgan fingerprint density at radius 3 is 2.13 bits per heavy atom. The summed E-state index contributed by atoms with van der Waals surface area (Å²) >= 11 is 0. The van der Waals surface area contributed by atoms with Crippen molar-refractivity contribution in [1.82, 2.24) is 10.2 Å². The number of ether oxygens (including phenoxy) is 3. The molecule has 1 N–H and O–H groups in total. The second kappa shape index (κ2) is 7.94. The summed E-state index contributed by atoms with van der Waals surface area (Å²) in [6.45, 7) is 11.4. The Morgan fingerprint density at radius 1 is 0.935 bits per heavy atom. The molecule has 1 fully saturated rings. The van der Waals surface area contributed by atoms with Crippen molar-refractivity contribution in [2.45, 2.75) is 58.3 Å². The fourth-order valence-corrected chi connectivity index (χ4v) is 3.77. The summed E-state index contributed by atoms with van der Waals surface area (Å²) in [6.07, 6.45) is -0.973. The molecule has 2 amide bonds. The minimum atomic E-state index is -0.870. The maximum atomic E-state index is 12.8. The van der Waals surface area contributed by atoms with E-state index in [1.54, 1.807) is 12.0 Å². The van der Waals surface area contributed by atoms with E-state index >= 15 is 0 Å². The van der Waals surface area contributed by atoms with Crippen LogP contribution in [0.1, 0.15) is 47.1 Å². The van der Waals surface area contributed by atoms with Crippen molar-refractivity contribution in [3.63, 3.8) is 0 Å². The van der Waals surface area contributed by atoms with Crippen LogP contribution in [0.5, 0.6) is 5.75 Å². The van der Waals surface area contributed by atoms with Crippen molar-refractivity contribution in [3.05, 3.63) is 42.0 Å². The molecule has 7 heteroatoms. The number of benzene rings is 2. The van der Waals surface area contributed by atoms with Gasteiger partial charge in [-0.3, -0.25) is 0 Å². The van der Waals surface area contributed by atoms with E-state index in [2.05, 4.69) is 5.32 Å². The Balaban J connectivity index is 2.02. The summed E-state index contributed by atoms with van der Waals surface area (Å²) in [4.78, 5) is 27.0. The van der Waals surface area contributed by atoms with Crippen LogP contribution in [-0.4, -0.2) is 48.5 Å². The van der Waals surface area contributed by atoms with Gasteiger partial charge in [0.25, 0.3) is 0 Å². The SMILES string of the molecule is COc1ccc2ccccc2c1C1(NC(=O)OC(C)(C)C)CN(C(=O)OC(C)(C)C)C1. The molecule has 0 radical (unpaired) electrons. The van der Waals surface area contributed by atoms with Crippen molar-refractivity contribution in [1.29, 1.82) is 0 Å². The second-order valence-corrected chi connectivity index (χ2v) is 9.91. The minimum Gasteiger partial charge on any atom is -0.496 e. The van der Waals surface area contributed by atoms with Crippen molar-refractivity contribution < 1.29 is 23.8 Å². The number of hydrogen-bond donors (Lipinski definition) is 1. The molecule has 0 saturated carbocycles. The van der Waals surface area contributed by atoms with Gasteiger partial charge < -0.3 is 24.4 Å². The molecule has 0 aliphatic carbocycles. The number of nitrogens with zero attached hydrogens (tertiary/aromatic N) is 1. The quantitative estimate of drug-likeness (QED) is 0.758. The highest BCUT2D eigenvalue weighted by molar-refractivity contribution is 5.90. The maximum absolute atomic E-state index is 12.8. The summed E-state index contributed by atoms with van der Waals surface area (Å²) < 4.78 is 16.7. The first-order valence-electron chi connectivity index (χ1n) is 10.4. The van der Waals surface area contributed by atoms with E-state index in [1.807, 2.05) is 77.9 Å². The molecular formula is C24H32N2O5. The van der Waals surface area contributed by atoms with Gasteiger partial charge in [-0.25, -0.2) is 9.59 Å². The van der Waals surface area contributed by atoms with Crippen molar-refractivity contribution >= 4 is 23.0 Å². The number of fused-ring (bicyclic) bond motifs is 1. The number of alkyl carbamates (subject to hydrolysis) is 1. The number of hydrogen-bond acceptors (Lipinski definition) is 5. The fourth-order valence-electron chi connectivity index (χ4n) is 3.77. The summed E-state index contributed by atoms with van der Waals surface area (Å²) in [5.74, 6) is 0.638. The molecule has 2 aromatic rings. The van der Waals surface area contributed by atoms with Gasteiger partial charge in [0.05, 0.1) is 20.2 Å². The van der Waals surface area contributed by atoms with Crippen LogP contribution in [0.2, 0.25) is 0 Å². The smallest absolute Gasteiger partial charge is 0.410 e. The average Bonchev–Trinajstić information content (AvgIpc) is 2.60. The Bertz CT molecular complexity index is 982. The number of amides is 2. The molecule has 2 aromatic carbocycles. The molecule has 1 saturated heterocycles. The molecule has 1 aliphatic rings. The highest BCUT2D eigenvalue weighted by Gasteiger charge is 2.51. The monoisotopic (exact) mass is 428 g/mol. The second-order valence-electron chi connectivity index (χ2n) is 9.91. The van der Waals surface area contributed by atoms with E-state index in [4.69, 9.17) is 14.2 Å². The van der Waals surface area contributed by atoms with Gasteiger partial charge in [0, 0.05) is 5.56 Å². The standard InChI is InChI=1S/C24H32N2O5/c1-22(2,3)30-20(27)25-24(14-26(15-24)21(28)31-23(4,5)6)19-17-11-9-8-10-16(17)12-13-18(19)29-7/h8-13H,14-15H2,1-7H3,(H,25,27). The minimum absolute atomic E-state index is 0.242. The molecule has 0 aromatic heterocycles. The van der Waals surface area contributed by atoms with E-state index in [9.17, 15) is 9.59 Å². The lowest BCUT2D eigenvalue weighted by atomic mass is 9.79. The van der Waals surface area contributed by atoms with E-state index in [1.165, 1.54) is 0 Å². The summed E-state index contributed by atoms with van der Waals surface area (Å²) in [5, 5.41) is 4.99. The maximum Gasteiger partial charge on any atom is 0.410 e. The zero-order chi connectivity index (χ0) is 23.0. The topological polar surface area (TPSA) is 77.1 Å². The zero-order valence-electron chi connectivity index (χ0n) is 19.4. The highest BCUT2D eigenvalue weighted by Crippen LogP contribution is 2.42. The van der Waals surface area contributed by atoms with E-state index in [-0.39, 0.29) is 13.1 Å². The van der Waals surface area contributed by atoms with Crippen LogP contribution in [0.25, 0.3) is 10.8 Å². The van der Waals surface area contributed by atoms with Gasteiger partial charge >= 0.3 is 12.2 Å². The lowest BCUT2D eigenvalue weighted by molar-refractivity contribution is -0.0231. The molecule has 0 unspecified atom stereocenters. The third-order valence-electron chi connectivity index (χ3n) is 4.90.